The van der Waals surface area contributed by atoms with E-state index in [4.69, 9.17) is 27.9 Å². The zero-order valence-electron chi connectivity index (χ0n) is 15.4. The number of rotatable bonds is 4. The first-order chi connectivity index (χ1) is 13.2. The lowest BCUT2D eigenvalue weighted by Gasteiger charge is -2.38. The first-order valence-corrected chi connectivity index (χ1v) is 11.4. The number of ether oxygens (including phenoxy) is 1. The van der Waals surface area contributed by atoms with E-state index in [9.17, 15) is 18.0 Å². The highest BCUT2D eigenvalue weighted by molar-refractivity contribution is 7.91. The molecule has 10 heteroatoms. The van der Waals surface area contributed by atoms with Gasteiger partial charge < -0.3 is 10.1 Å². The average Bonchev–Trinajstić information content (AvgIpc) is 2.96. The lowest BCUT2D eigenvalue weighted by atomic mass is 9.94. The van der Waals surface area contributed by atoms with Crippen LogP contribution in [0, 0.1) is 0 Å². The molecule has 0 saturated carbocycles. The molecule has 0 bridgehead atoms. The Morgan fingerprint density at radius 1 is 1.36 bits per heavy atom. The average molecular weight is 447 g/mol. The monoisotopic (exact) mass is 446 g/mol. The molecule has 152 valence electrons. The minimum atomic E-state index is -3.22. The number of allylic oxidation sites excluding steroid dienone is 1. The molecule has 2 atom stereocenters. The fourth-order valence-electron chi connectivity index (χ4n) is 3.63. The van der Waals surface area contributed by atoms with Gasteiger partial charge in [0, 0.05) is 5.70 Å². The molecule has 7 nitrogen and oxygen atoms in total. The van der Waals surface area contributed by atoms with Gasteiger partial charge in [-0.1, -0.05) is 35.3 Å². The van der Waals surface area contributed by atoms with E-state index in [-0.39, 0.29) is 28.7 Å². The number of esters is 1. The molecule has 2 unspecified atom stereocenters. The van der Waals surface area contributed by atoms with E-state index in [1.165, 1.54) is 4.90 Å². The Morgan fingerprint density at radius 2 is 2.07 bits per heavy atom. The van der Waals surface area contributed by atoms with Crippen molar-refractivity contribution in [2.24, 2.45) is 0 Å². The van der Waals surface area contributed by atoms with Crippen LogP contribution in [-0.2, 0) is 19.4 Å². The van der Waals surface area contributed by atoms with E-state index < -0.39 is 33.9 Å². The predicted molar refractivity (Wildman–Crippen MR) is 106 cm³/mol. The van der Waals surface area contributed by atoms with Crippen LogP contribution in [-0.4, -0.2) is 49.5 Å². The molecule has 1 saturated heterocycles. The zero-order valence-corrected chi connectivity index (χ0v) is 17.7. The van der Waals surface area contributed by atoms with E-state index in [0.29, 0.717) is 22.7 Å². The molecule has 2 amide bonds. The molecule has 0 spiro atoms. The molecule has 1 fully saturated rings. The topological polar surface area (TPSA) is 92.8 Å². The second-order valence-electron chi connectivity index (χ2n) is 6.67. The maximum atomic E-state index is 12.9. The van der Waals surface area contributed by atoms with E-state index in [2.05, 4.69) is 5.32 Å². The van der Waals surface area contributed by atoms with Crippen molar-refractivity contribution in [3.8, 4) is 0 Å². The van der Waals surface area contributed by atoms with Crippen LogP contribution in [0.3, 0.4) is 0 Å². The smallest absolute Gasteiger partial charge is 0.338 e. The summed E-state index contributed by atoms with van der Waals surface area (Å²) in [6.07, 6.45) is 0.311. The van der Waals surface area contributed by atoms with Crippen molar-refractivity contribution in [1.29, 1.82) is 0 Å². The molecule has 1 N–H and O–H groups in total. The summed E-state index contributed by atoms with van der Waals surface area (Å²) in [7, 11) is -3.22. The number of nitrogens with zero attached hydrogens (tertiary/aromatic N) is 1. The zero-order chi connectivity index (χ0) is 20.6. The number of benzene rings is 1. The number of carbonyl (C=O) groups is 2. The third-order valence-electron chi connectivity index (χ3n) is 4.89. The fourth-order valence-corrected chi connectivity index (χ4v) is 5.74. The number of halogens is 2. The lowest BCUT2D eigenvalue weighted by Crippen LogP contribution is -2.52. The standard InChI is InChI=1S/C18H20Cl2N2O5S/c1-3-27-17(23)14-10(2)22(11-7-8-28(25,26)9-11)18(24)21-16(14)12-5-4-6-13(19)15(12)20/h4-6,11,16H,3,7-9H2,1-2H3,(H,21,24). The molecule has 0 aliphatic carbocycles. The van der Waals surface area contributed by atoms with Crippen LogP contribution in [0.2, 0.25) is 10.0 Å². The first kappa shape index (κ1) is 21.0. The minimum absolute atomic E-state index is 0.00696. The van der Waals surface area contributed by atoms with Gasteiger partial charge in [-0.15, -0.1) is 0 Å². The summed E-state index contributed by atoms with van der Waals surface area (Å²) >= 11 is 12.4. The van der Waals surface area contributed by atoms with Crippen molar-refractivity contribution in [2.45, 2.75) is 32.4 Å². The minimum Gasteiger partial charge on any atom is -0.463 e. The van der Waals surface area contributed by atoms with Crippen LogP contribution in [0.25, 0.3) is 0 Å². The molecular formula is C18H20Cl2N2O5S. The molecule has 2 aliphatic rings. The van der Waals surface area contributed by atoms with Crippen molar-refractivity contribution in [2.75, 3.05) is 18.1 Å². The second-order valence-corrected chi connectivity index (χ2v) is 9.69. The largest absolute Gasteiger partial charge is 0.463 e. The molecule has 2 heterocycles. The molecule has 28 heavy (non-hydrogen) atoms. The number of nitrogens with one attached hydrogen (secondary N) is 1. The van der Waals surface area contributed by atoms with Gasteiger partial charge in [0.05, 0.1) is 45.8 Å². The maximum Gasteiger partial charge on any atom is 0.338 e. The molecule has 0 radical (unpaired) electrons. The first-order valence-electron chi connectivity index (χ1n) is 8.78. The van der Waals surface area contributed by atoms with Crippen molar-refractivity contribution in [3.05, 3.63) is 45.1 Å². The van der Waals surface area contributed by atoms with Gasteiger partial charge in [0.1, 0.15) is 0 Å². The molecule has 1 aromatic rings. The van der Waals surface area contributed by atoms with Gasteiger partial charge in [-0.3, -0.25) is 4.90 Å². The number of amides is 2. The highest BCUT2D eigenvalue weighted by Crippen LogP contribution is 2.38. The van der Waals surface area contributed by atoms with Gasteiger partial charge in [-0.25, -0.2) is 18.0 Å². The lowest BCUT2D eigenvalue weighted by molar-refractivity contribution is -0.139. The third-order valence-corrected chi connectivity index (χ3v) is 7.47. The predicted octanol–water partition coefficient (Wildman–Crippen LogP) is 3.08. The summed E-state index contributed by atoms with van der Waals surface area (Å²) in [5.41, 5.74) is 1.02. The Labute approximate surface area is 173 Å². The van der Waals surface area contributed by atoms with Crippen LogP contribution < -0.4 is 5.32 Å². The Balaban J connectivity index is 2.11. The quantitative estimate of drug-likeness (QED) is 0.717. The van der Waals surface area contributed by atoms with E-state index in [1.54, 1.807) is 32.0 Å². The van der Waals surface area contributed by atoms with E-state index in [0.717, 1.165) is 0 Å². The Bertz CT molecular complexity index is 961. The van der Waals surface area contributed by atoms with Crippen molar-refractivity contribution in [1.82, 2.24) is 10.2 Å². The van der Waals surface area contributed by atoms with Crippen LogP contribution >= 0.6 is 23.2 Å². The molecular weight excluding hydrogens is 427 g/mol. The van der Waals surface area contributed by atoms with E-state index in [1.807, 2.05) is 0 Å². The molecule has 3 rings (SSSR count). The van der Waals surface area contributed by atoms with Gasteiger partial charge in [-0.05, 0) is 31.9 Å². The molecule has 1 aromatic carbocycles. The number of hydrogen-bond donors (Lipinski definition) is 1. The summed E-state index contributed by atoms with van der Waals surface area (Å²) in [5.74, 6) is -0.740. The normalized spacial score (nSPS) is 24.3. The van der Waals surface area contributed by atoms with Gasteiger partial charge >= 0.3 is 12.0 Å². The highest BCUT2D eigenvalue weighted by atomic mass is 35.5. The summed E-state index contributed by atoms with van der Waals surface area (Å²) in [4.78, 5) is 26.9. The Hall–Kier alpha value is -1.77. The highest BCUT2D eigenvalue weighted by Gasteiger charge is 2.43. The van der Waals surface area contributed by atoms with Crippen molar-refractivity contribution in [3.63, 3.8) is 0 Å². The van der Waals surface area contributed by atoms with E-state index >= 15 is 0 Å². The number of hydrogen-bond acceptors (Lipinski definition) is 5. The van der Waals surface area contributed by atoms with Gasteiger partial charge in [0.2, 0.25) is 0 Å². The molecule has 2 aliphatic heterocycles. The SMILES string of the molecule is CCOC(=O)C1=C(C)N(C2CCS(=O)(=O)C2)C(=O)NC1c1cccc(Cl)c1Cl. The third kappa shape index (κ3) is 3.86. The van der Waals surface area contributed by atoms with Crippen LogP contribution in [0.5, 0.6) is 0 Å². The van der Waals surface area contributed by atoms with Crippen LogP contribution in [0.1, 0.15) is 31.9 Å². The molecule has 0 aromatic heterocycles. The second kappa shape index (κ2) is 7.93. The summed E-state index contributed by atoms with van der Waals surface area (Å²) in [5, 5.41) is 3.28. The van der Waals surface area contributed by atoms with Crippen molar-refractivity contribution < 1.29 is 22.7 Å². The maximum absolute atomic E-state index is 12.9. The summed E-state index contributed by atoms with van der Waals surface area (Å²) < 4.78 is 29.0. The summed E-state index contributed by atoms with van der Waals surface area (Å²) in [6, 6.07) is 3.06. The van der Waals surface area contributed by atoms with Crippen LogP contribution in [0.4, 0.5) is 4.79 Å². The Morgan fingerprint density at radius 3 is 2.68 bits per heavy atom. The van der Waals surface area contributed by atoms with Crippen LogP contribution in [0.15, 0.2) is 29.5 Å². The summed E-state index contributed by atoms with van der Waals surface area (Å²) in [6.45, 7) is 3.44. The number of carbonyl (C=O) groups excluding carboxylic acids is 2. The Kier molecular flexibility index (Phi) is 5.93. The number of urea groups is 1. The van der Waals surface area contributed by atoms with Gasteiger partial charge in [0.25, 0.3) is 0 Å². The van der Waals surface area contributed by atoms with Crippen molar-refractivity contribution >= 4 is 45.0 Å². The fraction of sp³-hybridized carbons (Fsp3) is 0.444. The number of sulfone groups is 1. The van der Waals surface area contributed by atoms with Gasteiger partial charge in [0.15, 0.2) is 9.84 Å². The van der Waals surface area contributed by atoms with Gasteiger partial charge in [-0.2, -0.15) is 0 Å².